The number of esters is 1. The van der Waals surface area contributed by atoms with Crippen molar-refractivity contribution in [2.45, 2.75) is 45.3 Å². The second-order valence-corrected chi connectivity index (χ2v) is 7.01. The summed E-state index contributed by atoms with van der Waals surface area (Å²) in [6, 6.07) is 5.23. The number of rotatable bonds is 5. The van der Waals surface area contributed by atoms with E-state index < -0.39 is 11.6 Å². The average Bonchev–Trinajstić information content (AvgIpc) is 3.07. The van der Waals surface area contributed by atoms with Crippen LogP contribution in [0.3, 0.4) is 0 Å². The first-order chi connectivity index (χ1) is 11.8. The molecule has 1 aliphatic rings. The molecular formula is C19H24N2O4. The number of H-pyrrole nitrogens is 1. The van der Waals surface area contributed by atoms with Crippen LogP contribution in [0.15, 0.2) is 24.4 Å². The van der Waals surface area contributed by atoms with Crippen molar-refractivity contribution in [1.29, 1.82) is 0 Å². The summed E-state index contributed by atoms with van der Waals surface area (Å²) in [4.78, 5) is 29.5. The minimum absolute atomic E-state index is 0.119. The second-order valence-electron chi connectivity index (χ2n) is 7.01. The maximum Gasteiger partial charge on any atom is 0.329 e. The van der Waals surface area contributed by atoms with Gasteiger partial charge in [-0.05, 0) is 38.5 Å². The Kier molecular flexibility index (Phi) is 4.45. The van der Waals surface area contributed by atoms with E-state index in [0.717, 1.165) is 22.2 Å². The number of aromatic nitrogens is 1. The molecule has 1 amide bonds. The average molecular weight is 344 g/mol. The van der Waals surface area contributed by atoms with Crippen molar-refractivity contribution >= 4 is 22.8 Å². The van der Waals surface area contributed by atoms with Gasteiger partial charge in [-0.3, -0.25) is 4.79 Å². The number of hydrogen-bond donors (Lipinski definition) is 1. The van der Waals surface area contributed by atoms with Crippen molar-refractivity contribution in [3.8, 4) is 5.75 Å². The lowest BCUT2D eigenvalue weighted by Gasteiger charge is -2.22. The van der Waals surface area contributed by atoms with E-state index in [2.05, 4.69) is 4.98 Å². The van der Waals surface area contributed by atoms with Crippen LogP contribution in [0.1, 0.15) is 32.8 Å². The third kappa shape index (κ3) is 3.34. The number of fused-ring (bicyclic) bond motifs is 1. The molecular weight excluding hydrogens is 320 g/mol. The molecule has 3 rings (SSSR count). The molecule has 0 unspecified atom stereocenters. The molecule has 1 aromatic carbocycles. The first-order valence-corrected chi connectivity index (χ1v) is 8.52. The summed E-state index contributed by atoms with van der Waals surface area (Å²) >= 11 is 0. The molecule has 6 heteroatoms. The molecule has 0 saturated carbocycles. The highest BCUT2D eigenvalue weighted by atomic mass is 16.6. The number of nitrogens with one attached hydrogen (secondary N) is 1. The molecule has 1 aliphatic heterocycles. The van der Waals surface area contributed by atoms with Gasteiger partial charge in [0.1, 0.15) is 17.4 Å². The molecule has 25 heavy (non-hydrogen) atoms. The maximum absolute atomic E-state index is 12.7. The first kappa shape index (κ1) is 17.3. The van der Waals surface area contributed by atoms with E-state index in [1.807, 2.05) is 45.2 Å². The number of carbonyl (C=O) groups is 2. The van der Waals surface area contributed by atoms with Crippen molar-refractivity contribution in [2.75, 3.05) is 13.7 Å². The molecule has 0 aliphatic carbocycles. The molecule has 6 nitrogen and oxygen atoms in total. The Balaban J connectivity index is 1.81. The molecule has 1 atom stereocenters. The van der Waals surface area contributed by atoms with Crippen LogP contribution in [0.25, 0.3) is 10.9 Å². The van der Waals surface area contributed by atoms with Gasteiger partial charge in [-0.2, -0.15) is 0 Å². The molecule has 2 aromatic rings. The summed E-state index contributed by atoms with van der Waals surface area (Å²) in [5.74, 6) is 0.301. The van der Waals surface area contributed by atoms with Crippen molar-refractivity contribution in [1.82, 2.24) is 9.88 Å². The van der Waals surface area contributed by atoms with Crippen LogP contribution in [0.4, 0.5) is 0 Å². The fraction of sp³-hybridized carbons (Fsp3) is 0.474. The van der Waals surface area contributed by atoms with Gasteiger partial charge >= 0.3 is 5.97 Å². The number of amides is 1. The molecule has 1 saturated heterocycles. The number of benzene rings is 1. The van der Waals surface area contributed by atoms with E-state index in [1.54, 1.807) is 7.05 Å². The molecule has 0 bridgehead atoms. The predicted octanol–water partition coefficient (Wildman–Crippen LogP) is 2.66. The molecule has 0 radical (unpaired) electrons. The highest BCUT2D eigenvalue weighted by Crippen LogP contribution is 2.31. The summed E-state index contributed by atoms with van der Waals surface area (Å²) in [7, 11) is 1.66. The zero-order valence-corrected chi connectivity index (χ0v) is 15.1. The lowest BCUT2D eigenvalue weighted by molar-refractivity contribution is -0.151. The van der Waals surface area contributed by atoms with Crippen molar-refractivity contribution in [3.63, 3.8) is 0 Å². The smallest absolute Gasteiger partial charge is 0.329 e. The summed E-state index contributed by atoms with van der Waals surface area (Å²) in [5.41, 5.74) is 1.26. The Hall–Kier alpha value is -2.50. The van der Waals surface area contributed by atoms with Gasteiger partial charge in [-0.15, -0.1) is 0 Å². The quantitative estimate of drug-likeness (QED) is 0.847. The van der Waals surface area contributed by atoms with Crippen molar-refractivity contribution < 1.29 is 19.1 Å². The standard InChI is InChI=1S/C19H24N2O4/c1-5-24-15-8-6-7-13-17(15)12(11-20-13)9-16(22)21(4)14-10-19(2,3)25-18(14)23/h6-8,11,14,20H,5,9-10H2,1-4H3/t14-/m0/s1. The van der Waals surface area contributed by atoms with Crippen LogP contribution in [0.2, 0.25) is 0 Å². The minimum Gasteiger partial charge on any atom is -0.493 e. The number of ether oxygens (including phenoxy) is 2. The normalized spacial score (nSPS) is 19.0. The number of aromatic amines is 1. The zero-order valence-electron chi connectivity index (χ0n) is 15.1. The largest absolute Gasteiger partial charge is 0.493 e. The molecule has 1 N–H and O–H groups in total. The highest BCUT2D eigenvalue weighted by molar-refractivity contribution is 5.94. The Morgan fingerprint density at radius 3 is 2.84 bits per heavy atom. The number of likely N-dealkylation sites (N-methyl/N-ethyl adjacent to an activating group) is 1. The summed E-state index contributed by atoms with van der Waals surface area (Å²) in [6.45, 7) is 6.20. The lowest BCUT2D eigenvalue weighted by atomic mass is 10.0. The van der Waals surface area contributed by atoms with E-state index in [-0.39, 0.29) is 18.3 Å². The predicted molar refractivity (Wildman–Crippen MR) is 94.5 cm³/mol. The molecule has 134 valence electrons. The SMILES string of the molecule is CCOc1cccc2[nH]cc(CC(=O)N(C)[C@H]3CC(C)(C)OC3=O)c12. The van der Waals surface area contributed by atoms with E-state index in [4.69, 9.17) is 9.47 Å². The van der Waals surface area contributed by atoms with Gasteiger partial charge in [-0.25, -0.2) is 4.79 Å². The van der Waals surface area contributed by atoms with Gasteiger partial charge in [0.15, 0.2) is 0 Å². The summed E-state index contributed by atoms with van der Waals surface area (Å²) in [5, 5.41) is 0.917. The molecule has 2 heterocycles. The van der Waals surface area contributed by atoms with Gasteiger partial charge in [0.2, 0.25) is 5.91 Å². The Morgan fingerprint density at radius 1 is 1.44 bits per heavy atom. The fourth-order valence-electron chi connectivity index (χ4n) is 3.32. The van der Waals surface area contributed by atoms with Gasteiger partial charge in [0.05, 0.1) is 13.0 Å². The summed E-state index contributed by atoms with van der Waals surface area (Å²) < 4.78 is 11.0. The lowest BCUT2D eigenvalue weighted by Crippen LogP contribution is -2.41. The molecule has 1 fully saturated rings. The maximum atomic E-state index is 12.7. The van der Waals surface area contributed by atoms with Crippen LogP contribution < -0.4 is 4.74 Å². The number of cyclic esters (lactones) is 1. The van der Waals surface area contributed by atoms with Crippen LogP contribution in [0, 0.1) is 0 Å². The Morgan fingerprint density at radius 2 is 2.20 bits per heavy atom. The van der Waals surface area contributed by atoms with Crippen LogP contribution in [0.5, 0.6) is 5.75 Å². The highest BCUT2D eigenvalue weighted by Gasteiger charge is 2.43. The van der Waals surface area contributed by atoms with Gasteiger partial charge in [0, 0.05) is 30.6 Å². The van der Waals surface area contributed by atoms with Crippen LogP contribution in [-0.4, -0.2) is 47.1 Å². The Labute approximate surface area is 147 Å². The molecule has 0 spiro atoms. The third-order valence-electron chi connectivity index (χ3n) is 4.59. The van der Waals surface area contributed by atoms with E-state index >= 15 is 0 Å². The van der Waals surface area contributed by atoms with Crippen molar-refractivity contribution in [3.05, 3.63) is 30.0 Å². The van der Waals surface area contributed by atoms with E-state index in [0.29, 0.717) is 13.0 Å². The number of hydrogen-bond acceptors (Lipinski definition) is 4. The topological polar surface area (TPSA) is 71.6 Å². The van der Waals surface area contributed by atoms with Crippen LogP contribution >= 0.6 is 0 Å². The van der Waals surface area contributed by atoms with Gasteiger partial charge in [0.25, 0.3) is 0 Å². The number of nitrogens with zero attached hydrogens (tertiary/aromatic N) is 1. The van der Waals surface area contributed by atoms with E-state index in [9.17, 15) is 9.59 Å². The monoisotopic (exact) mass is 344 g/mol. The third-order valence-corrected chi connectivity index (χ3v) is 4.59. The zero-order chi connectivity index (χ0) is 18.2. The first-order valence-electron chi connectivity index (χ1n) is 8.52. The summed E-state index contributed by atoms with van der Waals surface area (Å²) in [6.07, 6.45) is 2.53. The van der Waals surface area contributed by atoms with Crippen molar-refractivity contribution in [2.24, 2.45) is 0 Å². The molecule has 1 aromatic heterocycles. The van der Waals surface area contributed by atoms with Gasteiger partial charge < -0.3 is 19.4 Å². The van der Waals surface area contributed by atoms with E-state index in [1.165, 1.54) is 4.90 Å². The number of carbonyl (C=O) groups excluding carboxylic acids is 2. The minimum atomic E-state index is -0.529. The fourth-order valence-corrected chi connectivity index (χ4v) is 3.32. The second kappa shape index (κ2) is 6.43. The van der Waals surface area contributed by atoms with Gasteiger partial charge in [-0.1, -0.05) is 6.07 Å². The Bertz CT molecular complexity index is 809. The van der Waals surface area contributed by atoms with Crippen LogP contribution in [-0.2, 0) is 20.7 Å².